The Morgan fingerprint density at radius 3 is 2.60 bits per heavy atom. The molecule has 0 aliphatic rings. The Morgan fingerprint density at radius 2 is 1.95 bits per heavy atom. The highest BCUT2D eigenvalue weighted by Crippen LogP contribution is 2.22. The molecule has 0 saturated heterocycles. The smallest absolute Gasteiger partial charge is 0.224 e. The van der Waals surface area contributed by atoms with E-state index in [0.717, 1.165) is 11.3 Å². The van der Waals surface area contributed by atoms with Crippen molar-refractivity contribution in [1.82, 2.24) is 0 Å². The number of carbonyl (C=O) groups is 1. The summed E-state index contributed by atoms with van der Waals surface area (Å²) in [5, 5.41) is 2.85. The summed E-state index contributed by atoms with van der Waals surface area (Å²) in [6.07, 6.45) is 1.06. The second kappa shape index (κ2) is 6.61. The van der Waals surface area contributed by atoms with Gasteiger partial charge in [-0.15, -0.1) is 0 Å². The van der Waals surface area contributed by atoms with Crippen LogP contribution >= 0.6 is 0 Å². The van der Waals surface area contributed by atoms with Crippen molar-refractivity contribution >= 4 is 17.3 Å². The molecule has 20 heavy (non-hydrogen) atoms. The van der Waals surface area contributed by atoms with E-state index in [1.54, 1.807) is 7.11 Å². The van der Waals surface area contributed by atoms with Crippen molar-refractivity contribution in [3.05, 3.63) is 54.1 Å². The molecule has 0 spiro atoms. The molecule has 3 N–H and O–H groups in total. The van der Waals surface area contributed by atoms with Crippen LogP contribution in [0.4, 0.5) is 11.4 Å². The first kappa shape index (κ1) is 13.9. The highest BCUT2D eigenvalue weighted by atomic mass is 16.5. The quantitative estimate of drug-likeness (QED) is 0.821. The molecule has 0 saturated carbocycles. The molecule has 0 aliphatic heterocycles. The van der Waals surface area contributed by atoms with Gasteiger partial charge in [0.25, 0.3) is 0 Å². The van der Waals surface area contributed by atoms with Crippen LogP contribution in [0, 0.1) is 0 Å². The highest BCUT2D eigenvalue weighted by Gasteiger charge is 2.05. The van der Waals surface area contributed by atoms with Gasteiger partial charge in [0.2, 0.25) is 5.91 Å². The van der Waals surface area contributed by atoms with Gasteiger partial charge in [-0.05, 0) is 36.2 Å². The van der Waals surface area contributed by atoms with Gasteiger partial charge < -0.3 is 15.8 Å². The summed E-state index contributed by atoms with van der Waals surface area (Å²) >= 11 is 0. The number of rotatable bonds is 5. The molecule has 104 valence electrons. The number of hydrogen-bond donors (Lipinski definition) is 2. The van der Waals surface area contributed by atoms with Crippen LogP contribution in [0.1, 0.15) is 12.0 Å². The molecule has 0 fully saturated rings. The van der Waals surface area contributed by atoms with E-state index in [4.69, 9.17) is 10.5 Å². The monoisotopic (exact) mass is 270 g/mol. The van der Waals surface area contributed by atoms with Crippen molar-refractivity contribution in [1.29, 1.82) is 0 Å². The first-order chi connectivity index (χ1) is 9.69. The van der Waals surface area contributed by atoms with Gasteiger partial charge in [0.15, 0.2) is 0 Å². The number of benzene rings is 2. The van der Waals surface area contributed by atoms with Crippen LogP contribution in [0.15, 0.2) is 48.5 Å². The van der Waals surface area contributed by atoms with Crippen molar-refractivity contribution in [2.45, 2.75) is 12.8 Å². The van der Waals surface area contributed by atoms with Crippen molar-refractivity contribution in [3.63, 3.8) is 0 Å². The molecule has 2 aromatic carbocycles. The maximum Gasteiger partial charge on any atom is 0.224 e. The molecule has 0 bridgehead atoms. The highest BCUT2D eigenvalue weighted by molar-refractivity contribution is 5.90. The average molecular weight is 270 g/mol. The van der Waals surface area contributed by atoms with Gasteiger partial charge in [-0.1, -0.05) is 24.3 Å². The van der Waals surface area contributed by atoms with E-state index < -0.39 is 0 Å². The second-order valence-electron chi connectivity index (χ2n) is 4.49. The Balaban J connectivity index is 1.89. The lowest BCUT2D eigenvalue weighted by molar-refractivity contribution is -0.116. The van der Waals surface area contributed by atoms with Gasteiger partial charge >= 0.3 is 0 Å². The van der Waals surface area contributed by atoms with Gasteiger partial charge in [0.1, 0.15) is 5.75 Å². The molecule has 0 aliphatic carbocycles. The predicted octanol–water partition coefficient (Wildman–Crippen LogP) is 2.85. The molecular weight excluding hydrogens is 252 g/mol. The maximum absolute atomic E-state index is 11.8. The lowest BCUT2D eigenvalue weighted by Crippen LogP contribution is -2.12. The summed E-state index contributed by atoms with van der Waals surface area (Å²) in [5.74, 6) is 0.646. The molecule has 0 aromatic heterocycles. The number of nitrogens with two attached hydrogens (primary N) is 1. The summed E-state index contributed by atoms with van der Waals surface area (Å²) in [6, 6.07) is 15.0. The van der Waals surface area contributed by atoms with Crippen LogP contribution < -0.4 is 15.8 Å². The van der Waals surface area contributed by atoms with Crippen molar-refractivity contribution in [2.75, 3.05) is 18.2 Å². The maximum atomic E-state index is 11.8. The molecule has 0 atom stereocenters. The van der Waals surface area contributed by atoms with Crippen LogP contribution in [0.25, 0.3) is 0 Å². The van der Waals surface area contributed by atoms with Gasteiger partial charge in [0, 0.05) is 12.1 Å². The molecule has 4 heteroatoms. The first-order valence-corrected chi connectivity index (χ1v) is 6.46. The average Bonchev–Trinajstić information content (AvgIpc) is 2.46. The molecule has 0 heterocycles. The van der Waals surface area contributed by atoms with Crippen LogP contribution in [-0.4, -0.2) is 13.0 Å². The summed E-state index contributed by atoms with van der Waals surface area (Å²) < 4.78 is 5.10. The van der Waals surface area contributed by atoms with E-state index >= 15 is 0 Å². The van der Waals surface area contributed by atoms with E-state index in [9.17, 15) is 4.79 Å². The van der Waals surface area contributed by atoms with Gasteiger partial charge in [-0.25, -0.2) is 0 Å². The zero-order valence-corrected chi connectivity index (χ0v) is 11.4. The van der Waals surface area contributed by atoms with E-state index in [0.29, 0.717) is 24.3 Å². The van der Waals surface area contributed by atoms with Crippen molar-refractivity contribution < 1.29 is 9.53 Å². The summed E-state index contributed by atoms with van der Waals surface area (Å²) in [5.41, 5.74) is 8.26. The Morgan fingerprint density at radius 1 is 1.20 bits per heavy atom. The fourth-order valence-corrected chi connectivity index (χ4v) is 1.94. The minimum atomic E-state index is -0.00871. The SMILES string of the molecule is COc1ccc(CCC(=O)Nc2ccccc2)cc1N. The van der Waals surface area contributed by atoms with Gasteiger partial charge in [-0.3, -0.25) is 4.79 Å². The number of ether oxygens (including phenoxy) is 1. The fraction of sp³-hybridized carbons (Fsp3) is 0.188. The molecular formula is C16H18N2O2. The Kier molecular flexibility index (Phi) is 4.60. The third-order valence-corrected chi connectivity index (χ3v) is 2.99. The molecule has 1 amide bonds. The number of amides is 1. The van der Waals surface area contributed by atoms with Crippen LogP contribution in [0.3, 0.4) is 0 Å². The zero-order valence-electron chi connectivity index (χ0n) is 11.4. The molecule has 2 rings (SSSR count). The number of aryl methyl sites for hydroxylation is 1. The third kappa shape index (κ3) is 3.75. The van der Waals surface area contributed by atoms with E-state index in [1.165, 1.54) is 0 Å². The normalized spacial score (nSPS) is 10.1. The number of nitrogens with one attached hydrogen (secondary N) is 1. The molecule has 2 aromatic rings. The van der Waals surface area contributed by atoms with Crippen molar-refractivity contribution in [3.8, 4) is 5.75 Å². The number of anilines is 2. The minimum Gasteiger partial charge on any atom is -0.495 e. The van der Waals surface area contributed by atoms with E-state index in [1.807, 2.05) is 48.5 Å². The lowest BCUT2D eigenvalue weighted by atomic mass is 10.1. The van der Waals surface area contributed by atoms with E-state index in [2.05, 4.69) is 5.32 Å². The van der Waals surface area contributed by atoms with Gasteiger partial charge in [0.05, 0.1) is 12.8 Å². The minimum absolute atomic E-state index is 0.00871. The summed E-state index contributed by atoms with van der Waals surface area (Å²) in [4.78, 5) is 11.8. The number of carbonyl (C=O) groups excluding carboxylic acids is 1. The number of para-hydroxylation sites is 1. The van der Waals surface area contributed by atoms with E-state index in [-0.39, 0.29) is 5.91 Å². The second-order valence-corrected chi connectivity index (χ2v) is 4.49. The Bertz CT molecular complexity index is 582. The standard InChI is InChI=1S/C16H18N2O2/c1-20-15-9-7-12(11-14(15)17)8-10-16(19)18-13-5-3-2-4-6-13/h2-7,9,11H,8,10,17H2,1H3,(H,18,19). The largest absolute Gasteiger partial charge is 0.495 e. The van der Waals surface area contributed by atoms with Crippen LogP contribution in [0.2, 0.25) is 0 Å². The Hall–Kier alpha value is -2.49. The van der Waals surface area contributed by atoms with Gasteiger partial charge in [-0.2, -0.15) is 0 Å². The zero-order chi connectivity index (χ0) is 14.4. The number of hydrogen-bond acceptors (Lipinski definition) is 3. The third-order valence-electron chi connectivity index (χ3n) is 2.99. The summed E-state index contributed by atoms with van der Waals surface area (Å²) in [7, 11) is 1.58. The van der Waals surface area contributed by atoms with Crippen molar-refractivity contribution in [2.24, 2.45) is 0 Å². The number of methoxy groups -OCH3 is 1. The molecule has 0 unspecified atom stereocenters. The van der Waals surface area contributed by atoms with Crippen LogP contribution in [-0.2, 0) is 11.2 Å². The number of nitrogen functional groups attached to an aromatic ring is 1. The fourth-order valence-electron chi connectivity index (χ4n) is 1.94. The molecule has 4 nitrogen and oxygen atoms in total. The lowest BCUT2D eigenvalue weighted by Gasteiger charge is -2.08. The van der Waals surface area contributed by atoms with Crippen LogP contribution in [0.5, 0.6) is 5.75 Å². The predicted molar refractivity (Wildman–Crippen MR) is 80.8 cm³/mol. The summed E-state index contributed by atoms with van der Waals surface area (Å²) in [6.45, 7) is 0. The topological polar surface area (TPSA) is 64.3 Å². The first-order valence-electron chi connectivity index (χ1n) is 6.46. The Labute approximate surface area is 118 Å². The molecule has 0 radical (unpaired) electrons.